The molecule has 3 rings (SSSR count). The first-order chi connectivity index (χ1) is 13.9. The van der Waals surface area contributed by atoms with Crippen LogP contribution in [0.1, 0.15) is 0 Å². The van der Waals surface area contributed by atoms with Crippen molar-refractivity contribution in [3.8, 4) is 0 Å². The van der Waals surface area contributed by atoms with E-state index in [1.165, 1.54) is 54.6 Å². The van der Waals surface area contributed by atoms with Gasteiger partial charge in [-0.25, -0.2) is 0 Å². The highest BCUT2D eigenvalue weighted by Crippen LogP contribution is 2.33. The zero-order valence-corrected chi connectivity index (χ0v) is 16.9. The summed E-state index contributed by atoms with van der Waals surface area (Å²) in [7, 11) is -8.58. The normalized spacial score (nSPS) is 11.8. The fourth-order valence-electron chi connectivity index (χ4n) is 2.58. The fourth-order valence-corrected chi connectivity index (χ4v) is 3.54. The molecule has 0 amide bonds. The molecule has 0 radical (unpaired) electrons. The summed E-state index contributed by atoms with van der Waals surface area (Å²) in [4.78, 5) is -0.483. The van der Waals surface area contributed by atoms with Gasteiger partial charge in [-0.2, -0.15) is 16.8 Å². The number of nitrogen functional groups attached to an aromatic ring is 2. The summed E-state index contributed by atoms with van der Waals surface area (Å²) in [6, 6.07) is 13.9. The first kappa shape index (κ1) is 21.4. The van der Waals surface area contributed by atoms with Gasteiger partial charge in [-0.15, -0.1) is 0 Å². The van der Waals surface area contributed by atoms with Crippen LogP contribution in [0.3, 0.4) is 0 Å². The predicted octanol–water partition coefficient (Wildman–Crippen LogP) is 2.83. The van der Waals surface area contributed by atoms with Gasteiger partial charge in [0.1, 0.15) is 0 Å². The molecule has 0 aromatic heterocycles. The summed E-state index contributed by atoms with van der Waals surface area (Å²) in [5.41, 5.74) is 14.6. The van der Waals surface area contributed by atoms with Crippen LogP contribution in [0.15, 0.2) is 70.5 Å². The molecule has 0 saturated heterocycles. The first-order valence-corrected chi connectivity index (χ1v) is 11.2. The van der Waals surface area contributed by atoms with Crippen molar-refractivity contribution in [2.75, 3.05) is 22.1 Å². The lowest BCUT2D eigenvalue weighted by Crippen LogP contribution is -2.03. The average Bonchev–Trinajstić information content (AvgIpc) is 2.65. The third kappa shape index (κ3) is 4.99. The summed E-state index contributed by atoms with van der Waals surface area (Å²) in [6.45, 7) is 0. The molecule has 0 aliphatic heterocycles. The zero-order valence-electron chi connectivity index (χ0n) is 15.3. The minimum atomic E-state index is -4.29. The lowest BCUT2D eigenvalue weighted by Gasteiger charge is -2.15. The molecule has 10 nitrogen and oxygen atoms in total. The van der Waals surface area contributed by atoms with Gasteiger partial charge in [-0.05, 0) is 60.7 Å². The molecule has 8 N–H and O–H groups in total. The van der Waals surface area contributed by atoms with Gasteiger partial charge in [0.25, 0.3) is 20.2 Å². The Balaban J connectivity index is 1.85. The highest BCUT2D eigenvalue weighted by Gasteiger charge is 2.12. The van der Waals surface area contributed by atoms with Crippen LogP contribution in [0.2, 0.25) is 0 Å². The molecule has 0 atom stereocenters. The van der Waals surface area contributed by atoms with Crippen molar-refractivity contribution in [1.82, 2.24) is 0 Å². The minimum absolute atomic E-state index is 0.242. The molecule has 0 bridgehead atoms. The van der Waals surface area contributed by atoms with Crippen LogP contribution in [-0.2, 0) is 20.2 Å². The van der Waals surface area contributed by atoms with Crippen molar-refractivity contribution in [2.45, 2.75) is 9.79 Å². The third-order valence-corrected chi connectivity index (χ3v) is 5.82. The topological polar surface area (TPSA) is 185 Å². The van der Waals surface area contributed by atoms with Gasteiger partial charge in [0.2, 0.25) is 0 Å². The van der Waals surface area contributed by atoms with Gasteiger partial charge in [0.15, 0.2) is 0 Å². The quantitative estimate of drug-likeness (QED) is 0.241. The summed E-state index contributed by atoms with van der Waals surface area (Å²) < 4.78 is 62.6. The zero-order chi connectivity index (χ0) is 22.1. The second kappa shape index (κ2) is 7.84. The van der Waals surface area contributed by atoms with Crippen LogP contribution in [0.25, 0.3) is 0 Å². The van der Waals surface area contributed by atoms with E-state index in [-0.39, 0.29) is 9.79 Å². The van der Waals surface area contributed by atoms with Gasteiger partial charge >= 0.3 is 0 Å². The Kier molecular flexibility index (Phi) is 5.59. The van der Waals surface area contributed by atoms with Crippen molar-refractivity contribution in [2.24, 2.45) is 0 Å². The molecule has 12 heteroatoms. The molecule has 0 spiro atoms. The van der Waals surface area contributed by atoms with E-state index in [1.807, 2.05) is 0 Å². The Morgan fingerprint density at radius 2 is 0.933 bits per heavy atom. The first-order valence-electron chi connectivity index (χ1n) is 8.31. The second-order valence-corrected chi connectivity index (χ2v) is 9.12. The predicted molar refractivity (Wildman–Crippen MR) is 114 cm³/mol. The largest absolute Gasteiger partial charge is 0.397 e. The maximum absolute atomic E-state index is 11.1. The summed E-state index contributed by atoms with van der Waals surface area (Å²) >= 11 is 0. The van der Waals surface area contributed by atoms with Crippen molar-refractivity contribution in [3.63, 3.8) is 0 Å². The number of benzene rings is 3. The number of hydrogen-bond donors (Lipinski definition) is 6. The van der Waals surface area contributed by atoms with Crippen LogP contribution >= 0.6 is 0 Å². The highest BCUT2D eigenvalue weighted by molar-refractivity contribution is 7.86. The van der Waals surface area contributed by atoms with E-state index < -0.39 is 20.2 Å². The van der Waals surface area contributed by atoms with E-state index in [0.29, 0.717) is 34.1 Å². The maximum Gasteiger partial charge on any atom is 0.294 e. The molecular weight excluding hydrogens is 432 g/mol. The number of rotatable bonds is 6. The van der Waals surface area contributed by atoms with Crippen LogP contribution in [-0.4, -0.2) is 25.9 Å². The number of nitrogens with one attached hydrogen (secondary N) is 2. The Labute approximate surface area is 173 Å². The molecule has 0 heterocycles. The van der Waals surface area contributed by atoms with E-state index in [1.54, 1.807) is 6.07 Å². The molecule has 30 heavy (non-hydrogen) atoms. The van der Waals surface area contributed by atoms with Gasteiger partial charge in [-0.1, -0.05) is 0 Å². The molecule has 0 aliphatic rings. The number of anilines is 6. The monoisotopic (exact) mass is 450 g/mol. The molecule has 0 aliphatic carbocycles. The molecule has 0 fully saturated rings. The third-order valence-electron chi connectivity index (χ3n) is 4.08. The minimum Gasteiger partial charge on any atom is -0.397 e. The molecule has 0 unspecified atom stereocenters. The van der Waals surface area contributed by atoms with Gasteiger partial charge in [0.05, 0.1) is 32.5 Å². The highest BCUT2D eigenvalue weighted by atomic mass is 32.2. The second-order valence-electron chi connectivity index (χ2n) is 6.28. The Bertz CT molecular complexity index is 1190. The standard InChI is InChI=1S/C18H18N4O6S2/c19-15-9-16(20)18(22-12-3-7-14(8-4-12)30(26,27)28)10-17(15)21-11-1-5-13(6-2-11)29(23,24)25/h1-10,21-22H,19-20H2,(H,23,24,25)(H,26,27,28). The van der Waals surface area contributed by atoms with Crippen molar-refractivity contribution in [3.05, 3.63) is 60.7 Å². The lowest BCUT2D eigenvalue weighted by molar-refractivity contribution is 0.481. The van der Waals surface area contributed by atoms with Crippen LogP contribution < -0.4 is 22.1 Å². The van der Waals surface area contributed by atoms with Crippen LogP contribution in [0.5, 0.6) is 0 Å². The SMILES string of the molecule is Nc1cc(N)c(Nc2ccc(S(=O)(=O)O)cc2)cc1Nc1ccc(S(=O)(=O)O)cc1. The lowest BCUT2D eigenvalue weighted by atomic mass is 10.2. The van der Waals surface area contributed by atoms with Gasteiger partial charge in [0, 0.05) is 11.4 Å². The van der Waals surface area contributed by atoms with Crippen molar-refractivity contribution in [1.29, 1.82) is 0 Å². The van der Waals surface area contributed by atoms with Crippen LogP contribution in [0, 0.1) is 0 Å². The molecule has 3 aromatic carbocycles. The van der Waals surface area contributed by atoms with Crippen molar-refractivity contribution >= 4 is 54.4 Å². The number of hydrogen-bond acceptors (Lipinski definition) is 8. The average molecular weight is 450 g/mol. The Morgan fingerprint density at radius 3 is 1.23 bits per heavy atom. The molecule has 0 saturated carbocycles. The summed E-state index contributed by atoms with van der Waals surface area (Å²) in [5.74, 6) is 0. The van der Waals surface area contributed by atoms with Crippen molar-refractivity contribution < 1.29 is 25.9 Å². The van der Waals surface area contributed by atoms with E-state index >= 15 is 0 Å². The molecule has 158 valence electrons. The van der Waals surface area contributed by atoms with E-state index in [2.05, 4.69) is 10.6 Å². The summed E-state index contributed by atoms with van der Waals surface area (Å²) in [6.07, 6.45) is 0. The van der Waals surface area contributed by atoms with E-state index in [4.69, 9.17) is 20.6 Å². The van der Waals surface area contributed by atoms with Crippen LogP contribution in [0.4, 0.5) is 34.1 Å². The molecular formula is C18H18N4O6S2. The molecule has 3 aromatic rings. The Hall–Kier alpha value is -3.32. The smallest absolute Gasteiger partial charge is 0.294 e. The maximum atomic E-state index is 11.1. The van der Waals surface area contributed by atoms with Gasteiger partial charge < -0.3 is 22.1 Å². The van der Waals surface area contributed by atoms with E-state index in [9.17, 15) is 16.8 Å². The summed E-state index contributed by atoms with van der Waals surface area (Å²) in [5, 5.41) is 6.05. The van der Waals surface area contributed by atoms with Gasteiger partial charge in [-0.3, -0.25) is 9.11 Å². The Morgan fingerprint density at radius 1 is 0.600 bits per heavy atom. The fraction of sp³-hybridized carbons (Fsp3) is 0. The number of nitrogens with two attached hydrogens (primary N) is 2. The van der Waals surface area contributed by atoms with E-state index in [0.717, 1.165) is 0 Å².